The molecule has 0 amide bonds. The Balaban J connectivity index is 1.94. The number of methoxy groups -OCH3 is 1. The molecule has 1 saturated carbocycles. The third-order valence-corrected chi connectivity index (χ3v) is 4.22. The Kier molecular flexibility index (Phi) is 4.14. The Morgan fingerprint density at radius 1 is 0.952 bits per heavy atom. The molecule has 3 rings (SSSR count). The lowest BCUT2D eigenvalue weighted by atomic mass is 10.0. The largest absolute Gasteiger partial charge is 0.493 e. The SMILES string of the molecule is COc1ccc(-c2ccccc2C)cc1OC1CCCC1. The fourth-order valence-corrected chi connectivity index (χ4v) is 3.02. The molecule has 2 aromatic carbocycles. The van der Waals surface area contributed by atoms with Crippen LogP contribution in [-0.4, -0.2) is 13.2 Å². The molecule has 2 aromatic rings. The molecule has 1 fully saturated rings. The molecule has 110 valence electrons. The van der Waals surface area contributed by atoms with Gasteiger partial charge in [-0.2, -0.15) is 0 Å². The van der Waals surface area contributed by atoms with E-state index in [1.807, 2.05) is 6.07 Å². The molecule has 2 nitrogen and oxygen atoms in total. The second-order valence-electron chi connectivity index (χ2n) is 5.70. The quantitative estimate of drug-likeness (QED) is 0.786. The number of benzene rings is 2. The van der Waals surface area contributed by atoms with E-state index in [9.17, 15) is 0 Å². The minimum absolute atomic E-state index is 0.339. The van der Waals surface area contributed by atoms with Crippen LogP contribution in [0.4, 0.5) is 0 Å². The van der Waals surface area contributed by atoms with Crippen LogP contribution in [0.25, 0.3) is 11.1 Å². The summed E-state index contributed by atoms with van der Waals surface area (Å²) in [5.41, 5.74) is 3.70. The van der Waals surface area contributed by atoms with Crippen LogP contribution in [0.15, 0.2) is 42.5 Å². The predicted octanol–water partition coefficient (Wildman–Crippen LogP) is 4.99. The first-order valence-corrected chi connectivity index (χ1v) is 7.68. The van der Waals surface area contributed by atoms with E-state index in [1.54, 1.807) is 7.11 Å². The highest BCUT2D eigenvalue weighted by atomic mass is 16.5. The van der Waals surface area contributed by atoms with Gasteiger partial charge >= 0.3 is 0 Å². The number of rotatable bonds is 4. The average Bonchev–Trinajstić information content (AvgIpc) is 3.01. The molecule has 0 radical (unpaired) electrons. The average molecular weight is 282 g/mol. The van der Waals surface area contributed by atoms with Gasteiger partial charge in [0.25, 0.3) is 0 Å². The smallest absolute Gasteiger partial charge is 0.162 e. The summed E-state index contributed by atoms with van der Waals surface area (Å²) in [4.78, 5) is 0. The zero-order valence-corrected chi connectivity index (χ0v) is 12.8. The van der Waals surface area contributed by atoms with Crippen LogP contribution in [0.2, 0.25) is 0 Å². The van der Waals surface area contributed by atoms with Gasteiger partial charge in [0.2, 0.25) is 0 Å². The first kappa shape index (κ1) is 14.0. The third kappa shape index (κ3) is 3.05. The number of ether oxygens (including phenoxy) is 2. The molecule has 2 heteroatoms. The maximum absolute atomic E-state index is 6.17. The van der Waals surface area contributed by atoms with Gasteiger partial charge in [0, 0.05) is 0 Å². The second kappa shape index (κ2) is 6.21. The van der Waals surface area contributed by atoms with Crippen molar-refractivity contribution in [3.8, 4) is 22.6 Å². The maximum atomic E-state index is 6.17. The van der Waals surface area contributed by atoms with Gasteiger partial charge in [-0.15, -0.1) is 0 Å². The standard InChI is InChI=1S/C19H22O2/c1-14-7-3-6-10-17(14)15-11-12-18(20-2)19(13-15)21-16-8-4-5-9-16/h3,6-7,10-13,16H,4-5,8-9H2,1-2H3. The lowest BCUT2D eigenvalue weighted by Gasteiger charge is -2.17. The van der Waals surface area contributed by atoms with E-state index in [0.29, 0.717) is 6.10 Å². The molecule has 0 heterocycles. The zero-order chi connectivity index (χ0) is 14.7. The first-order valence-electron chi connectivity index (χ1n) is 7.68. The van der Waals surface area contributed by atoms with Crippen molar-refractivity contribution in [2.24, 2.45) is 0 Å². The molecular weight excluding hydrogens is 260 g/mol. The van der Waals surface area contributed by atoms with E-state index in [-0.39, 0.29) is 0 Å². The Hall–Kier alpha value is -1.96. The molecule has 0 spiro atoms. The van der Waals surface area contributed by atoms with E-state index in [4.69, 9.17) is 9.47 Å². The highest BCUT2D eigenvalue weighted by Crippen LogP contribution is 2.36. The van der Waals surface area contributed by atoms with Crippen molar-refractivity contribution in [2.45, 2.75) is 38.7 Å². The fraction of sp³-hybridized carbons (Fsp3) is 0.368. The van der Waals surface area contributed by atoms with Crippen LogP contribution in [0.5, 0.6) is 11.5 Å². The van der Waals surface area contributed by atoms with Crippen LogP contribution < -0.4 is 9.47 Å². The van der Waals surface area contributed by atoms with E-state index in [0.717, 1.165) is 24.3 Å². The van der Waals surface area contributed by atoms with Crippen LogP contribution in [0.1, 0.15) is 31.2 Å². The molecule has 21 heavy (non-hydrogen) atoms. The summed E-state index contributed by atoms with van der Waals surface area (Å²) in [5.74, 6) is 1.68. The maximum Gasteiger partial charge on any atom is 0.162 e. The van der Waals surface area contributed by atoms with E-state index in [1.165, 1.54) is 29.5 Å². The van der Waals surface area contributed by atoms with Gasteiger partial charge in [-0.1, -0.05) is 30.3 Å². The van der Waals surface area contributed by atoms with Crippen molar-refractivity contribution in [1.82, 2.24) is 0 Å². The molecule has 0 unspecified atom stereocenters. The van der Waals surface area contributed by atoms with Gasteiger partial charge in [-0.05, 0) is 61.4 Å². The van der Waals surface area contributed by atoms with Crippen molar-refractivity contribution in [3.63, 3.8) is 0 Å². The van der Waals surface area contributed by atoms with Crippen molar-refractivity contribution in [2.75, 3.05) is 7.11 Å². The highest BCUT2D eigenvalue weighted by molar-refractivity contribution is 5.70. The summed E-state index contributed by atoms with van der Waals surface area (Å²) in [6.45, 7) is 2.14. The zero-order valence-electron chi connectivity index (χ0n) is 12.8. The van der Waals surface area contributed by atoms with Gasteiger partial charge in [-0.25, -0.2) is 0 Å². The summed E-state index contributed by atoms with van der Waals surface area (Å²) < 4.78 is 11.6. The highest BCUT2D eigenvalue weighted by Gasteiger charge is 2.19. The summed E-state index contributed by atoms with van der Waals surface area (Å²) in [6.07, 6.45) is 5.18. The first-order chi connectivity index (χ1) is 10.3. The summed E-state index contributed by atoms with van der Waals surface area (Å²) in [7, 11) is 1.70. The van der Waals surface area contributed by atoms with E-state index >= 15 is 0 Å². The second-order valence-corrected chi connectivity index (χ2v) is 5.70. The molecular formula is C19H22O2. The van der Waals surface area contributed by atoms with Crippen LogP contribution in [-0.2, 0) is 0 Å². The van der Waals surface area contributed by atoms with Gasteiger partial charge in [0.15, 0.2) is 11.5 Å². The van der Waals surface area contributed by atoms with Gasteiger partial charge in [-0.3, -0.25) is 0 Å². The van der Waals surface area contributed by atoms with E-state index in [2.05, 4.69) is 43.3 Å². The Morgan fingerprint density at radius 2 is 1.71 bits per heavy atom. The Bertz CT molecular complexity index is 613. The summed E-state index contributed by atoms with van der Waals surface area (Å²) >= 11 is 0. The topological polar surface area (TPSA) is 18.5 Å². The molecule has 1 aliphatic rings. The Labute approximate surface area is 126 Å². The molecule has 0 saturated heterocycles. The normalized spacial score (nSPS) is 15.1. The molecule has 0 aliphatic heterocycles. The lowest BCUT2D eigenvalue weighted by Crippen LogP contribution is -2.11. The fourth-order valence-electron chi connectivity index (χ4n) is 3.02. The van der Waals surface area contributed by atoms with Gasteiger partial charge in [0.1, 0.15) is 0 Å². The number of hydrogen-bond donors (Lipinski definition) is 0. The molecule has 0 aromatic heterocycles. The lowest BCUT2D eigenvalue weighted by molar-refractivity contribution is 0.201. The van der Waals surface area contributed by atoms with Crippen LogP contribution >= 0.6 is 0 Å². The number of hydrogen-bond acceptors (Lipinski definition) is 2. The summed E-state index contributed by atoms with van der Waals surface area (Å²) in [5, 5.41) is 0. The minimum atomic E-state index is 0.339. The molecule has 0 N–H and O–H groups in total. The third-order valence-electron chi connectivity index (χ3n) is 4.22. The molecule has 0 bridgehead atoms. The van der Waals surface area contributed by atoms with Crippen molar-refractivity contribution < 1.29 is 9.47 Å². The number of aryl methyl sites for hydroxylation is 1. The Morgan fingerprint density at radius 3 is 2.43 bits per heavy atom. The predicted molar refractivity (Wildman–Crippen MR) is 86.1 cm³/mol. The van der Waals surface area contributed by atoms with Crippen molar-refractivity contribution >= 4 is 0 Å². The molecule has 0 atom stereocenters. The minimum Gasteiger partial charge on any atom is -0.493 e. The summed E-state index contributed by atoms with van der Waals surface area (Å²) in [6, 6.07) is 14.6. The monoisotopic (exact) mass is 282 g/mol. The van der Waals surface area contributed by atoms with E-state index < -0.39 is 0 Å². The van der Waals surface area contributed by atoms with Crippen LogP contribution in [0, 0.1) is 6.92 Å². The van der Waals surface area contributed by atoms with Gasteiger partial charge < -0.3 is 9.47 Å². The van der Waals surface area contributed by atoms with Crippen LogP contribution in [0.3, 0.4) is 0 Å². The molecule has 1 aliphatic carbocycles. The van der Waals surface area contributed by atoms with Gasteiger partial charge in [0.05, 0.1) is 13.2 Å². The van der Waals surface area contributed by atoms with Crippen molar-refractivity contribution in [1.29, 1.82) is 0 Å². The van der Waals surface area contributed by atoms with Crippen molar-refractivity contribution in [3.05, 3.63) is 48.0 Å².